The summed E-state index contributed by atoms with van der Waals surface area (Å²) in [6.45, 7) is 1.91. The molecule has 1 heterocycles. The predicted molar refractivity (Wildman–Crippen MR) is 105 cm³/mol. The highest BCUT2D eigenvalue weighted by molar-refractivity contribution is 6.06. The lowest BCUT2D eigenvalue weighted by molar-refractivity contribution is 0.102. The summed E-state index contributed by atoms with van der Waals surface area (Å²) in [5.41, 5.74) is 2.23. The van der Waals surface area contributed by atoms with Crippen molar-refractivity contribution in [2.24, 2.45) is 0 Å². The second kappa shape index (κ2) is 7.25. The number of carbonyl (C=O) groups excluding carboxylic acids is 1. The van der Waals surface area contributed by atoms with Crippen molar-refractivity contribution in [1.82, 2.24) is 9.97 Å². The van der Waals surface area contributed by atoms with Gasteiger partial charge in [0.15, 0.2) is 0 Å². The number of nitrogens with zero attached hydrogens (tertiary/aromatic N) is 2. The zero-order valence-corrected chi connectivity index (χ0v) is 14.7. The number of aromatic nitrogens is 2. The highest BCUT2D eigenvalue weighted by Crippen LogP contribution is 2.25. The topological polar surface area (TPSA) is 64.1 Å². The van der Waals surface area contributed by atoms with E-state index >= 15 is 0 Å². The van der Waals surface area contributed by atoms with E-state index in [0.29, 0.717) is 11.3 Å². The molecule has 5 heteroatoms. The fourth-order valence-corrected chi connectivity index (χ4v) is 2.81. The van der Waals surface area contributed by atoms with Crippen molar-refractivity contribution in [2.75, 3.05) is 5.32 Å². The molecule has 0 unspecified atom stereocenters. The lowest BCUT2D eigenvalue weighted by atomic mass is 10.1. The monoisotopic (exact) mass is 355 g/mol. The Kier molecular flexibility index (Phi) is 4.49. The van der Waals surface area contributed by atoms with Crippen LogP contribution in [-0.2, 0) is 0 Å². The van der Waals surface area contributed by atoms with Crippen LogP contribution in [0.3, 0.4) is 0 Å². The molecule has 1 N–H and O–H groups in total. The van der Waals surface area contributed by atoms with Crippen LogP contribution < -0.4 is 10.1 Å². The van der Waals surface area contributed by atoms with Crippen molar-refractivity contribution in [2.45, 2.75) is 6.92 Å². The van der Waals surface area contributed by atoms with Gasteiger partial charge in [-0.3, -0.25) is 4.79 Å². The minimum Gasteiger partial charge on any atom is -0.424 e. The van der Waals surface area contributed by atoms with Gasteiger partial charge >= 0.3 is 6.01 Å². The van der Waals surface area contributed by atoms with Gasteiger partial charge in [-0.05, 0) is 59.7 Å². The molecular formula is C22H17N3O2. The SMILES string of the molecule is Cc1cc(Oc2ncccn2)ccc1NC(=O)c1ccc2ccccc2c1. The van der Waals surface area contributed by atoms with Gasteiger partial charge in [0, 0.05) is 23.6 Å². The van der Waals surface area contributed by atoms with Gasteiger partial charge < -0.3 is 10.1 Å². The molecule has 0 radical (unpaired) electrons. The van der Waals surface area contributed by atoms with Gasteiger partial charge in [0.05, 0.1) is 0 Å². The smallest absolute Gasteiger partial charge is 0.321 e. The Bertz CT molecular complexity index is 1110. The first-order valence-corrected chi connectivity index (χ1v) is 8.55. The zero-order valence-electron chi connectivity index (χ0n) is 14.7. The largest absolute Gasteiger partial charge is 0.424 e. The standard InChI is InChI=1S/C22H17N3O2/c1-15-13-19(27-22-23-11-4-12-24-22)9-10-20(15)25-21(26)18-8-7-16-5-2-3-6-17(16)14-18/h2-14H,1H3,(H,25,26). The van der Waals surface area contributed by atoms with Crippen molar-refractivity contribution < 1.29 is 9.53 Å². The van der Waals surface area contributed by atoms with Gasteiger partial charge in [0.1, 0.15) is 5.75 Å². The van der Waals surface area contributed by atoms with E-state index in [0.717, 1.165) is 22.0 Å². The van der Waals surface area contributed by atoms with Crippen LogP contribution in [0.5, 0.6) is 11.8 Å². The van der Waals surface area contributed by atoms with E-state index in [9.17, 15) is 4.79 Å². The molecule has 0 aliphatic rings. The Hall–Kier alpha value is -3.73. The number of ether oxygens (including phenoxy) is 1. The summed E-state index contributed by atoms with van der Waals surface area (Å²) in [4.78, 5) is 20.7. The maximum absolute atomic E-state index is 12.6. The number of benzene rings is 3. The second-order valence-electron chi connectivity index (χ2n) is 6.13. The Balaban J connectivity index is 1.52. The van der Waals surface area contributed by atoms with E-state index in [4.69, 9.17) is 4.74 Å². The summed E-state index contributed by atoms with van der Waals surface area (Å²) in [5, 5.41) is 5.10. The Morgan fingerprint density at radius 3 is 2.44 bits per heavy atom. The fourth-order valence-electron chi connectivity index (χ4n) is 2.81. The highest BCUT2D eigenvalue weighted by atomic mass is 16.5. The maximum Gasteiger partial charge on any atom is 0.321 e. The number of hydrogen-bond donors (Lipinski definition) is 1. The third kappa shape index (κ3) is 3.77. The minimum absolute atomic E-state index is 0.149. The van der Waals surface area contributed by atoms with Gasteiger partial charge in [-0.15, -0.1) is 0 Å². The molecule has 27 heavy (non-hydrogen) atoms. The molecule has 0 saturated carbocycles. The third-order valence-electron chi connectivity index (χ3n) is 4.21. The van der Waals surface area contributed by atoms with Crippen molar-refractivity contribution >= 4 is 22.4 Å². The Morgan fingerprint density at radius 2 is 1.67 bits per heavy atom. The lowest BCUT2D eigenvalue weighted by Gasteiger charge is -2.11. The normalized spacial score (nSPS) is 10.6. The number of amides is 1. The third-order valence-corrected chi connectivity index (χ3v) is 4.21. The van der Waals surface area contributed by atoms with E-state index < -0.39 is 0 Å². The first-order valence-electron chi connectivity index (χ1n) is 8.55. The van der Waals surface area contributed by atoms with E-state index in [1.165, 1.54) is 0 Å². The molecule has 132 valence electrons. The lowest BCUT2D eigenvalue weighted by Crippen LogP contribution is -2.12. The van der Waals surface area contributed by atoms with Gasteiger partial charge in [-0.1, -0.05) is 30.3 Å². The number of hydrogen-bond acceptors (Lipinski definition) is 4. The van der Waals surface area contributed by atoms with Crippen LogP contribution in [0, 0.1) is 6.92 Å². The average molecular weight is 355 g/mol. The Morgan fingerprint density at radius 1 is 0.889 bits per heavy atom. The van der Waals surface area contributed by atoms with Gasteiger partial charge in [-0.25, -0.2) is 9.97 Å². The first kappa shape index (κ1) is 16.7. The average Bonchev–Trinajstić information content (AvgIpc) is 2.70. The van der Waals surface area contributed by atoms with E-state index in [1.807, 2.05) is 61.5 Å². The molecule has 1 amide bonds. The fraction of sp³-hybridized carbons (Fsp3) is 0.0455. The van der Waals surface area contributed by atoms with Gasteiger partial charge in [0.2, 0.25) is 0 Å². The second-order valence-corrected chi connectivity index (χ2v) is 6.13. The number of rotatable bonds is 4. The van der Waals surface area contributed by atoms with Gasteiger partial charge in [0.25, 0.3) is 5.91 Å². The van der Waals surface area contributed by atoms with E-state index in [1.54, 1.807) is 24.5 Å². The highest BCUT2D eigenvalue weighted by Gasteiger charge is 2.10. The quantitative estimate of drug-likeness (QED) is 0.560. The van der Waals surface area contributed by atoms with Crippen LogP contribution in [0.1, 0.15) is 15.9 Å². The van der Waals surface area contributed by atoms with Crippen molar-refractivity contribution in [3.05, 3.63) is 90.3 Å². The summed E-state index contributed by atoms with van der Waals surface area (Å²) >= 11 is 0. The molecule has 0 saturated heterocycles. The number of nitrogens with one attached hydrogen (secondary N) is 1. The summed E-state index contributed by atoms with van der Waals surface area (Å²) in [5.74, 6) is 0.464. The summed E-state index contributed by atoms with van der Waals surface area (Å²) in [6.07, 6.45) is 3.24. The van der Waals surface area contributed by atoms with E-state index in [-0.39, 0.29) is 11.9 Å². The summed E-state index contributed by atoms with van der Waals surface area (Å²) in [7, 11) is 0. The number of anilines is 1. The van der Waals surface area contributed by atoms with Crippen LogP contribution >= 0.6 is 0 Å². The van der Waals surface area contributed by atoms with Crippen molar-refractivity contribution in [3.8, 4) is 11.8 Å². The molecule has 0 aliphatic heterocycles. The molecule has 3 aromatic carbocycles. The molecule has 5 nitrogen and oxygen atoms in total. The number of aryl methyl sites for hydroxylation is 1. The van der Waals surface area contributed by atoms with E-state index in [2.05, 4.69) is 15.3 Å². The minimum atomic E-state index is -0.149. The molecule has 4 aromatic rings. The van der Waals surface area contributed by atoms with Crippen molar-refractivity contribution in [1.29, 1.82) is 0 Å². The molecule has 1 aromatic heterocycles. The molecule has 0 spiro atoms. The van der Waals surface area contributed by atoms with Crippen LogP contribution in [0.2, 0.25) is 0 Å². The first-order chi connectivity index (χ1) is 13.2. The summed E-state index contributed by atoms with van der Waals surface area (Å²) in [6, 6.07) is 21.1. The molecule has 0 fully saturated rings. The zero-order chi connectivity index (χ0) is 18.6. The molecule has 4 rings (SSSR count). The van der Waals surface area contributed by atoms with Crippen LogP contribution in [-0.4, -0.2) is 15.9 Å². The molecular weight excluding hydrogens is 338 g/mol. The number of fused-ring (bicyclic) bond motifs is 1. The molecule has 0 aliphatic carbocycles. The van der Waals surface area contributed by atoms with Crippen LogP contribution in [0.25, 0.3) is 10.8 Å². The number of carbonyl (C=O) groups is 1. The summed E-state index contributed by atoms with van der Waals surface area (Å²) < 4.78 is 5.62. The predicted octanol–water partition coefficient (Wildman–Crippen LogP) is 4.98. The van der Waals surface area contributed by atoms with Crippen LogP contribution in [0.15, 0.2) is 79.1 Å². The maximum atomic E-state index is 12.6. The molecule has 0 atom stereocenters. The van der Waals surface area contributed by atoms with Crippen LogP contribution in [0.4, 0.5) is 5.69 Å². The Labute approximate surface area is 156 Å². The molecule has 0 bridgehead atoms. The van der Waals surface area contributed by atoms with Gasteiger partial charge in [-0.2, -0.15) is 0 Å². The van der Waals surface area contributed by atoms with Crippen molar-refractivity contribution in [3.63, 3.8) is 0 Å².